The summed E-state index contributed by atoms with van der Waals surface area (Å²) >= 11 is 0. The number of aryl methyl sites for hydroxylation is 1. The van der Waals surface area contributed by atoms with Gasteiger partial charge in [-0.05, 0) is 48.6 Å². The van der Waals surface area contributed by atoms with Gasteiger partial charge in [0, 0.05) is 0 Å². The Morgan fingerprint density at radius 3 is 2.41 bits per heavy atom. The maximum Gasteiger partial charge on any atom is 0.345 e. The van der Waals surface area contributed by atoms with Crippen LogP contribution < -0.4 is 0 Å². The summed E-state index contributed by atoms with van der Waals surface area (Å²) in [6, 6.07) is 13.5. The first kappa shape index (κ1) is 20.4. The zero-order valence-corrected chi connectivity index (χ0v) is 15.6. The highest BCUT2D eigenvalue weighted by Crippen LogP contribution is 2.19. The van der Waals surface area contributed by atoms with E-state index in [1.165, 1.54) is 0 Å². The highest BCUT2D eigenvalue weighted by Gasteiger charge is 2.22. The van der Waals surface area contributed by atoms with Crippen LogP contribution in [0.2, 0.25) is 0 Å². The number of hydrogen-bond acceptors (Lipinski definition) is 4. The number of unbranched alkanes of at least 4 members (excludes halogenated alkanes) is 1. The Morgan fingerprint density at radius 1 is 1.07 bits per heavy atom. The number of ether oxygens (including phenoxy) is 1. The van der Waals surface area contributed by atoms with Crippen LogP contribution in [0, 0.1) is 5.92 Å². The smallest absolute Gasteiger partial charge is 0.345 e. The predicted octanol–water partition coefficient (Wildman–Crippen LogP) is 4.29. The molecular formula is C22H24O5. The molecule has 0 aliphatic rings. The second-order valence-corrected chi connectivity index (χ2v) is 6.58. The van der Waals surface area contributed by atoms with E-state index in [0.29, 0.717) is 11.1 Å². The van der Waals surface area contributed by atoms with Gasteiger partial charge in [0.25, 0.3) is 0 Å². The molecule has 0 saturated heterocycles. The van der Waals surface area contributed by atoms with Crippen LogP contribution in [0.3, 0.4) is 0 Å². The van der Waals surface area contributed by atoms with Crippen molar-refractivity contribution in [1.29, 1.82) is 0 Å². The van der Waals surface area contributed by atoms with Crippen molar-refractivity contribution < 1.29 is 24.2 Å². The molecular weight excluding hydrogens is 344 g/mol. The Labute approximate surface area is 159 Å². The summed E-state index contributed by atoms with van der Waals surface area (Å²) in [6.07, 6.45) is 3.10. The van der Waals surface area contributed by atoms with Crippen molar-refractivity contribution in [2.45, 2.75) is 39.5 Å². The van der Waals surface area contributed by atoms with Crippen molar-refractivity contribution in [3.63, 3.8) is 0 Å². The normalized spacial score (nSPS) is 11.6. The molecule has 142 valence electrons. The van der Waals surface area contributed by atoms with Crippen molar-refractivity contribution in [3.05, 3.63) is 70.8 Å². The first-order chi connectivity index (χ1) is 12.9. The number of rotatable bonds is 8. The molecule has 0 aliphatic heterocycles. The van der Waals surface area contributed by atoms with Gasteiger partial charge in [0.05, 0.1) is 17.0 Å². The summed E-state index contributed by atoms with van der Waals surface area (Å²) in [7, 11) is 0. The van der Waals surface area contributed by atoms with E-state index < -0.39 is 23.8 Å². The maximum absolute atomic E-state index is 12.3. The number of esters is 2. The van der Waals surface area contributed by atoms with Crippen LogP contribution >= 0.6 is 0 Å². The van der Waals surface area contributed by atoms with Gasteiger partial charge in [-0.25, -0.2) is 9.59 Å². The molecule has 0 amide bonds. The maximum atomic E-state index is 12.3. The quantitative estimate of drug-likeness (QED) is 0.555. The van der Waals surface area contributed by atoms with Crippen molar-refractivity contribution >= 4 is 17.9 Å². The van der Waals surface area contributed by atoms with Crippen molar-refractivity contribution in [2.75, 3.05) is 0 Å². The van der Waals surface area contributed by atoms with E-state index in [9.17, 15) is 19.5 Å². The second kappa shape index (κ2) is 9.67. The summed E-state index contributed by atoms with van der Waals surface area (Å²) < 4.78 is 4.94. The Bertz CT molecular complexity index is 811. The molecule has 0 saturated carbocycles. The monoisotopic (exact) mass is 368 g/mol. The van der Waals surface area contributed by atoms with Gasteiger partial charge in [0.1, 0.15) is 0 Å². The third kappa shape index (κ3) is 5.78. The van der Waals surface area contributed by atoms with Gasteiger partial charge in [0.15, 0.2) is 0 Å². The number of carboxylic acids is 1. The molecule has 1 unspecified atom stereocenters. The number of benzene rings is 2. The van der Waals surface area contributed by atoms with E-state index in [0.717, 1.165) is 24.8 Å². The molecule has 1 N–H and O–H groups in total. The first-order valence-corrected chi connectivity index (χ1v) is 9.08. The minimum Gasteiger partial charge on any atom is -0.478 e. The van der Waals surface area contributed by atoms with Crippen LogP contribution in [0.4, 0.5) is 0 Å². The van der Waals surface area contributed by atoms with Crippen LogP contribution in [0.1, 0.15) is 58.5 Å². The van der Waals surface area contributed by atoms with E-state index in [2.05, 4.69) is 6.92 Å². The van der Waals surface area contributed by atoms with E-state index in [4.69, 9.17) is 4.74 Å². The molecule has 1 atom stereocenters. The zero-order valence-electron chi connectivity index (χ0n) is 15.6. The number of carboxylic acid groups (broad SMARTS) is 1. The molecule has 0 bridgehead atoms. The van der Waals surface area contributed by atoms with E-state index in [1.807, 2.05) is 12.1 Å². The first-order valence-electron chi connectivity index (χ1n) is 9.08. The van der Waals surface area contributed by atoms with Gasteiger partial charge in [-0.15, -0.1) is 0 Å². The third-order valence-corrected chi connectivity index (χ3v) is 4.35. The summed E-state index contributed by atoms with van der Waals surface area (Å²) in [5.41, 5.74) is 2.08. The molecule has 0 aromatic heterocycles. The van der Waals surface area contributed by atoms with E-state index in [1.54, 1.807) is 43.3 Å². The number of hydrogen-bond donors (Lipinski definition) is 1. The molecule has 2 aromatic rings. The lowest BCUT2D eigenvalue weighted by Gasteiger charge is -2.14. The van der Waals surface area contributed by atoms with Gasteiger partial charge in [-0.2, -0.15) is 0 Å². The topological polar surface area (TPSA) is 80.7 Å². The molecule has 0 fully saturated rings. The van der Waals surface area contributed by atoms with Crippen LogP contribution in [0.5, 0.6) is 0 Å². The molecule has 2 rings (SSSR count). The second-order valence-electron chi connectivity index (χ2n) is 6.58. The average Bonchev–Trinajstić information content (AvgIpc) is 2.66. The number of aromatic carboxylic acids is 1. The molecule has 0 heterocycles. The van der Waals surface area contributed by atoms with Crippen molar-refractivity contribution in [3.8, 4) is 0 Å². The number of carbonyl (C=O) groups excluding carboxylic acids is 2. The number of carbonyl (C=O) groups is 3. The fraction of sp³-hybridized carbons (Fsp3) is 0.318. The van der Waals surface area contributed by atoms with Crippen LogP contribution in [0.25, 0.3) is 0 Å². The summed E-state index contributed by atoms with van der Waals surface area (Å²) in [5.74, 6) is -3.05. The average molecular weight is 368 g/mol. The lowest BCUT2D eigenvalue weighted by atomic mass is 9.93. The van der Waals surface area contributed by atoms with Gasteiger partial charge in [-0.1, -0.05) is 50.6 Å². The minimum absolute atomic E-state index is 0.171. The van der Waals surface area contributed by atoms with Gasteiger partial charge >= 0.3 is 17.9 Å². The molecule has 27 heavy (non-hydrogen) atoms. The molecule has 0 radical (unpaired) electrons. The fourth-order valence-electron chi connectivity index (χ4n) is 2.80. The fourth-order valence-corrected chi connectivity index (χ4v) is 2.80. The van der Waals surface area contributed by atoms with E-state index >= 15 is 0 Å². The van der Waals surface area contributed by atoms with Crippen molar-refractivity contribution in [1.82, 2.24) is 0 Å². The van der Waals surface area contributed by atoms with Crippen LogP contribution in [-0.4, -0.2) is 23.0 Å². The standard InChI is InChI=1S/C22H24O5/c1-3-4-8-16-11-12-19(20(23)24)18(14-16)13-15(2)21(25)27-22(26)17-9-6-5-7-10-17/h5-7,9-12,14-15H,3-4,8,13H2,1-2H3,(H,23,24). The van der Waals surface area contributed by atoms with Crippen LogP contribution in [-0.2, 0) is 22.4 Å². The SMILES string of the molecule is CCCCc1ccc(C(=O)O)c(CC(C)C(=O)OC(=O)c2ccccc2)c1. The lowest BCUT2D eigenvalue weighted by molar-refractivity contribution is -0.142. The van der Waals surface area contributed by atoms with Gasteiger partial charge < -0.3 is 9.84 Å². The van der Waals surface area contributed by atoms with E-state index in [-0.39, 0.29) is 12.0 Å². The van der Waals surface area contributed by atoms with Gasteiger partial charge in [-0.3, -0.25) is 4.79 Å². The largest absolute Gasteiger partial charge is 0.478 e. The predicted molar refractivity (Wildman–Crippen MR) is 102 cm³/mol. The molecule has 5 heteroatoms. The molecule has 5 nitrogen and oxygen atoms in total. The lowest BCUT2D eigenvalue weighted by Crippen LogP contribution is -2.22. The summed E-state index contributed by atoms with van der Waals surface area (Å²) in [4.78, 5) is 35.8. The van der Waals surface area contributed by atoms with Crippen molar-refractivity contribution in [2.24, 2.45) is 5.92 Å². The Balaban J connectivity index is 2.10. The Kier molecular flexibility index (Phi) is 7.29. The zero-order chi connectivity index (χ0) is 19.8. The Morgan fingerprint density at radius 2 is 1.78 bits per heavy atom. The molecule has 0 aliphatic carbocycles. The summed E-state index contributed by atoms with van der Waals surface area (Å²) in [5, 5.41) is 9.41. The Hall–Kier alpha value is -2.95. The third-order valence-electron chi connectivity index (χ3n) is 4.35. The highest BCUT2D eigenvalue weighted by atomic mass is 16.6. The molecule has 0 spiro atoms. The minimum atomic E-state index is -1.03. The molecule has 2 aromatic carbocycles. The van der Waals surface area contributed by atoms with Gasteiger partial charge in [0.2, 0.25) is 0 Å². The summed E-state index contributed by atoms with van der Waals surface area (Å²) in [6.45, 7) is 3.72. The highest BCUT2D eigenvalue weighted by molar-refractivity contribution is 5.97. The van der Waals surface area contributed by atoms with Crippen LogP contribution in [0.15, 0.2) is 48.5 Å².